The molecule has 2 amide bonds. The maximum absolute atomic E-state index is 12.5. The highest BCUT2D eigenvalue weighted by Gasteiger charge is 2.24. The number of hydrogen-bond donors (Lipinski definition) is 2. The van der Waals surface area contributed by atoms with Gasteiger partial charge in [0.05, 0.1) is 16.3 Å². The van der Waals surface area contributed by atoms with Crippen LogP contribution >= 0.6 is 11.3 Å². The first kappa shape index (κ1) is 21.7. The maximum Gasteiger partial charge on any atom is 0.291 e. The molecule has 11 heteroatoms. The van der Waals surface area contributed by atoms with E-state index in [-0.39, 0.29) is 10.6 Å². The molecule has 1 aromatic carbocycles. The zero-order chi connectivity index (χ0) is 21.9. The minimum atomic E-state index is -3.84. The quantitative estimate of drug-likeness (QED) is 0.557. The molecule has 9 nitrogen and oxygen atoms in total. The third kappa shape index (κ3) is 4.75. The highest BCUT2D eigenvalue weighted by molar-refractivity contribution is 7.89. The third-order valence-corrected chi connectivity index (χ3v) is 6.83. The Labute approximate surface area is 177 Å². The number of sulfonamides is 1. The summed E-state index contributed by atoms with van der Waals surface area (Å²) in [7, 11) is -2.55. The Bertz CT molecular complexity index is 1150. The monoisotopic (exact) mass is 448 g/mol. The van der Waals surface area contributed by atoms with Crippen LogP contribution in [-0.2, 0) is 14.8 Å². The summed E-state index contributed by atoms with van der Waals surface area (Å²) < 4.78 is 31.5. The molecular formula is C19H20N4O5S2. The summed E-state index contributed by atoms with van der Waals surface area (Å²) in [6, 6.07) is 9.93. The Balaban J connectivity index is 1.59. The van der Waals surface area contributed by atoms with Gasteiger partial charge in [-0.15, -0.1) is 11.3 Å². The number of amides is 2. The average Bonchev–Trinajstić information content (AvgIpc) is 3.36. The van der Waals surface area contributed by atoms with Gasteiger partial charge in [-0.2, -0.15) is 4.31 Å². The topological polar surface area (TPSA) is 122 Å². The molecule has 3 rings (SSSR count). The zero-order valence-corrected chi connectivity index (χ0v) is 18.1. The van der Waals surface area contributed by atoms with Crippen molar-refractivity contribution in [2.24, 2.45) is 0 Å². The Hall–Kier alpha value is -3.02. The Morgan fingerprint density at radius 1 is 1.13 bits per heavy atom. The zero-order valence-electron chi connectivity index (χ0n) is 16.5. The van der Waals surface area contributed by atoms with Crippen LogP contribution in [0.25, 0.3) is 10.8 Å². The van der Waals surface area contributed by atoms with Gasteiger partial charge in [0.1, 0.15) is 5.76 Å². The van der Waals surface area contributed by atoms with E-state index in [0.717, 1.165) is 14.7 Å². The second-order valence-corrected chi connectivity index (χ2v) is 9.47. The fraction of sp³-hybridized carbons (Fsp3) is 0.211. The first-order valence-corrected chi connectivity index (χ1v) is 11.1. The van der Waals surface area contributed by atoms with Gasteiger partial charge in [-0.1, -0.05) is 23.8 Å². The molecule has 2 N–H and O–H groups in total. The predicted octanol–water partition coefficient (Wildman–Crippen LogP) is 2.10. The number of benzene rings is 1. The minimum absolute atomic E-state index is 0.0272. The standard InChI is InChI=1S/C19H20N4O5S2/c1-12-6-8-14(9-7-12)30(26,27)23(3)11-16(24)21-22-18(25)17-13(2)28-19(20-17)15-5-4-10-29-15/h4-10H,11H2,1-3H3,(H,21,24)(H,22,25). The van der Waals surface area contributed by atoms with E-state index < -0.39 is 28.4 Å². The summed E-state index contributed by atoms with van der Waals surface area (Å²) in [5.74, 6) is -0.773. The van der Waals surface area contributed by atoms with Gasteiger partial charge >= 0.3 is 0 Å². The fourth-order valence-electron chi connectivity index (χ4n) is 2.52. The molecule has 0 aliphatic heterocycles. The summed E-state index contributed by atoms with van der Waals surface area (Å²) in [5, 5.41) is 1.86. The molecule has 158 valence electrons. The Kier molecular flexibility index (Phi) is 6.34. The largest absolute Gasteiger partial charge is 0.440 e. The SMILES string of the molecule is Cc1ccc(S(=O)(=O)N(C)CC(=O)NNC(=O)c2nc(-c3cccs3)oc2C)cc1. The molecule has 0 radical (unpaired) electrons. The molecule has 2 heterocycles. The molecule has 0 bridgehead atoms. The van der Waals surface area contributed by atoms with Crippen molar-refractivity contribution in [3.63, 3.8) is 0 Å². The van der Waals surface area contributed by atoms with Crippen molar-refractivity contribution >= 4 is 33.2 Å². The lowest BCUT2D eigenvalue weighted by Gasteiger charge is -2.17. The van der Waals surface area contributed by atoms with Gasteiger partial charge in [0.15, 0.2) is 5.69 Å². The average molecular weight is 449 g/mol. The van der Waals surface area contributed by atoms with Crippen LogP contribution in [0.3, 0.4) is 0 Å². The summed E-state index contributed by atoms with van der Waals surface area (Å²) in [6.45, 7) is 2.95. The van der Waals surface area contributed by atoms with Gasteiger partial charge in [0.2, 0.25) is 15.9 Å². The fourth-order valence-corrected chi connectivity index (χ4v) is 4.29. The minimum Gasteiger partial charge on any atom is -0.440 e. The first-order chi connectivity index (χ1) is 14.2. The van der Waals surface area contributed by atoms with Crippen molar-refractivity contribution in [1.82, 2.24) is 20.1 Å². The van der Waals surface area contributed by atoms with Crippen molar-refractivity contribution in [3.05, 3.63) is 58.8 Å². The maximum atomic E-state index is 12.5. The molecule has 0 aliphatic rings. The number of aromatic nitrogens is 1. The number of aryl methyl sites for hydroxylation is 2. The normalized spacial score (nSPS) is 11.5. The van der Waals surface area contributed by atoms with E-state index in [1.807, 2.05) is 24.4 Å². The lowest BCUT2D eigenvalue weighted by Crippen LogP contribution is -2.47. The molecule has 0 spiro atoms. The molecule has 30 heavy (non-hydrogen) atoms. The van der Waals surface area contributed by atoms with Crippen LogP contribution in [0.2, 0.25) is 0 Å². The lowest BCUT2D eigenvalue weighted by molar-refractivity contribution is -0.121. The van der Waals surface area contributed by atoms with Gasteiger partial charge < -0.3 is 4.42 Å². The van der Waals surface area contributed by atoms with E-state index in [4.69, 9.17) is 4.42 Å². The molecule has 3 aromatic rings. The predicted molar refractivity (Wildman–Crippen MR) is 111 cm³/mol. The lowest BCUT2D eigenvalue weighted by atomic mass is 10.2. The molecule has 0 saturated heterocycles. The van der Waals surface area contributed by atoms with Crippen LogP contribution in [0.5, 0.6) is 0 Å². The number of nitrogens with zero attached hydrogens (tertiary/aromatic N) is 2. The van der Waals surface area contributed by atoms with Crippen LogP contribution in [0.15, 0.2) is 51.1 Å². The summed E-state index contributed by atoms with van der Waals surface area (Å²) in [6.07, 6.45) is 0. The third-order valence-electron chi connectivity index (χ3n) is 4.15. The van der Waals surface area contributed by atoms with Crippen LogP contribution in [0, 0.1) is 13.8 Å². The molecule has 2 aromatic heterocycles. The number of nitrogens with one attached hydrogen (secondary N) is 2. The highest BCUT2D eigenvalue weighted by atomic mass is 32.2. The first-order valence-electron chi connectivity index (χ1n) is 8.82. The van der Waals surface area contributed by atoms with E-state index >= 15 is 0 Å². The van der Waals surface area contributed by atoms with Crippen molar-refractivity contribution in [3.8, 4) is 10.8 Å². The van der Waals surface area contributed by atoms with Gasteiger partial charge in [0, 0.05) is 7.05 Å². The van der Waals surface area contributed by atoms with Crippen molar-refractivity contribution in [2.75, 3.05) is 13.6 Å². The van der Waals surface area contributed by atoms with Crippen molar-refractivity contribution in [1.29, 1.82) is 0 Å². The van der Waals surface area contributed by atoms with E-state index in [2.05, 4.69) is 15.8 Å². The van der Waals surface area contributed by atoms with E-state index in [9.17, 15) is 18.0 Å². The number of thiophene rings is 1. The number of likely N-dealkylation sites (N-methyl/N-ethyl adjacent to an activating group) is 1. The van der Waals surface area contributed by atoms with E-state index in [1.165, 1.54) is 30.5 Å². The second kappa shape index (κ2) is 8.78. The second-order valence-electron chi connectivity index (χ2n) is 6.48. The van der Waals surface area contributed by atoms with E-state index in [0.29, 0.717) is 11.7 Å². The summed E-state index contributed by atoms with van der Waals surface area (Å²) in [5.41, 5.74) is 5.36. The van der Waals surface area contributed by atoms with Gasteiger partial charge in [-0.25, -0.2) is 13.4 Å². The van der Waals surface area contributed by atoms with Gasteiger partial charge in [-0.05, 0) is 37.4 Å². The van der Waals surface area contributed by atoms with E-state index in [1.54, 1.807) is 19.1 Å². The molecule has 0 aliphatic carbocycles. The van der Waals surface area contributed by atoms with Crippen LogP contribution < -0.4 is 10.9 Å². The molecule has 0 atom stereocenters. The number of rotatable bonds is 6. The van der Waals surface area contributed by atoms with Crippen LogP contribution in [-0.4, -0.2) is 43.1 Å². The number of hydrogen-bond acceptors (Lipinski definition) is 7. The van der Waals surface area contributed by atoms with Crippen LogP contribution in [0.4, 0.5) is 0 Å². The van der Waals surface area contributed by atoms with Crippen LogP contribution in [0.1, 0.15) is 21.8 Å². The molecule has 0 unspecified atom stereocenters. The molecule has 0 saturated carbocycles. The van der Waals surface area contributed by atoms with Gasteiger partial charge in [-0.3, -0.25) is 20.4 Å². The molecule has 0 fully saturated rings. The molecular weight excluding hydrogens is 428 g/mol. The Morgan fingerprint density at radius 2 is 1.83 bits per heavy atom. The van der Waals surface area contributed by atoms with Crippen molar-refractivity contribution in [2.45, 2.75) is 18.7 Å². The number of carbonyl (C=O) groups excluding carboxylic acids is 2. The number of oxazole rings is 1. The van der Waals surface area contributed by atoms with Gasteiger partial charge in [0.25, 0.3) is 11.8 Å². The smallest absolute Gasteiger partial charge is 0.291 e. The number of hydrazine groups is 1. The summed E-state index contributed by atoms with van der Waals surface area (Å²) in [4.78, 5) is 29.4. The Morgan fingerprint density at radius 3 is 2.47 bits per heavy atom. The highest BCUT2D eigenvalue weighted by Crippen LogP contribution is 2.25. The van der Waals surface area contributed by atoms with Crippen molar-refractivity contribution < 1.29 is 22.4 Å². The number of carbonyl (C=O) groups is 2. The summed E-state index contributed by atoms with van der Waals surface area (Å²) >= 11 is 1.42.